The minimum absolute atomic E-state index is 0.240. The van der Waals surface area contributed by atoms with E-state index in [-0.39, 0.29) is 5.91 Å². The molecule has 0 spiro atoms. The van der Waals surface area contributed by atoms with Crippen molar-refractivity contribution in [1.29, 1.82) is 0 Å². The van der Waals surface area contributed by atoms with Gasteiger partial charge in [-0.1, -0.05) is 35.9 Å². The molecule has 0 unspecified atom stereocenters. The molecule has 1 aliphatic heterocycles. The van der Waals surface area contributed by atoms with E-state index < -0.39 is 0 Å². The first-order valence-electron chi connectivity index (χ1n) is 9.72. The van der Waals surface area contributed by atoms with Crippen LogP contribution in [-0.2, 0) is 4.79 Å². The van der Waals surface area contributed by atoms with Crippen molar-refractivity contribution in [2.75, 3.05) is 0 Å². The lowest BCUT2D eigenvalue weighted by atomic mass is 10.2. The molecule has 0 aliphatic carbocycles. The number of para-hydroxylation sites is 1. The number of aromatic nitrogens is 4. The molecule has 0 atom stereocenters. The SMILES string of the molecule is Cc1ccc(N=C2NC(=O)/C(=C/c3ccc(Sc4nnnn4-c4ccccc4)o3)S2)cc1Cl. The van der Waals surface area contributed by atoms with Crippen LogP contribution in [0.2, 0.25) is 5.02 Å². The predicted molar refractivity (Wildman–Crippen MR) is 129 cm³/mol. The van der Waals surface area contributed by atoms with Crippen molar-refractivity contribution in [3.05, 3.63) is 81.9 Å². The maximum absolute atomic E-state index is 12.4. The second-order valence-corrected chi connectivity index (χ2v) is 9.29. The lowest BCUT2D eigenvalue weighted by Gasteiger charge is -2.01. The van der Waals surface area contributed by atoms with Crippen LogP contribution in [0, 0.1) is 6.92 Å². The molecule has 1 saturated heterocycles. The van der Waals surface area contributed by atoms with E-state index in [4.69, 9.17) is 16.0 Å². The number of halogens is 1. The van der Waals surface area contributed by atoms with Crippen molar-refractivity contribution in [1.82, 2.24) is 25.5 Å². The number of amides is 1. The first kappa shape index (κ1) is 21.5. The minimum atomic E-state index is -0.240. The lowest BCUT2D eigenvalue weighted by molar-refractivity contribution is -0.115. The van der Waals surface area contributed by atoms with Gasteiger partial charge in [-0.2, -0.15) is 4.68 Å². The van der Waals surface area contributed by atoms with Crippen molar-refractivity contribution in [3.8, 4) is 5.69 Å². The number of nitrogens with zero attached hydrogens (tertiary/aromatic N) is 5. The van der Waals surface area contributed by atoms with Crippen LogP contribution in [0.4, 0.5) is 5.69 Å². The van der Waals surface area contributed by atoms with Gasteiger partial charge in [-0.15, -0.1) is 5.10 Å². The molecule has 0 bridgehead atoms. The number of rotatable bonds is 5. The summed E-state index contributed by atoms with van der Waals surface area (Å²) in [6.07, 6.45) is 1.68. The molecule has 4 aromatic rings. The summed E-state index contributed by atoms with van der Waals surface area (Å²) >= 11 is 8.68. The molecule has 0 radical (unpaired) electrons. The molecule has 2 aromatic carbocycles. The van der Waals surface area contributed by atoms with Crippen LogP contribution >= 0.6 is 35.1 Å². The number of tetrazole rings is 1. The first-order chi connectivity index (χ1) is 16.0. The van der Waals surface area contributed by atoms with Crippen LogP contribution < -0.4 is 5.32 Å². The first-order valence-corrected chi connectivity index (χ1v) is 11.7. The van der Waals surface area contributed by atoms with Crippen LogP contribution in [0.1, 0.15) is 11.3 Å². The molecule has 3 heterocycles. The third-order valence-electron chi connectivity index (χ3n) is 4.55. The number of carbonyl (C=O) groups is 1. The summed E-state index contributed by atoms with van der Waals surface area (Å²) in [5.41, 5.74) is 2.48. The van der Waals surface area contributed by atoms with Crippen LogP contribution in [0.3, 0.4) is 0 Å². The maximum Gasteiger partial charge on any atom is 0.264 e. The fourth-order valence-electron chi connectivity index (χ4n) is 2.91. The number of thioether (sulfide) groups is 1. The van der Waals surface area contributed by atoms with Gasteiger partial charge in [-0.3, -0.25) is 4.79 Å². The number of carbonyl (C=O) groups excluding carboxylic acids is 1. The van der Waals surface area contributed by atoms with E-state index in [0.29, 0.717) is 36.8 Å². The van der Waals surface area contributed by atoms with Gasteiger partial charge in [0.25, 0.3) is 5.91 Å². The highest BCUT2D eigenvalue weighted by molar-refractivity contribution is 8.18. The summed E-state index contributed by atoms with van der Waals surface area (Å²) < 4.78 is 7.50. The largest absolute Gasteiger partial charge is 0.450 e. The average Bonchev–Trinajstić information content (AvgIpc) is 3.53. The predicted octanol–water partition coefficient (Wildman–Crippen LogP) is 5.26. The fraction of sp³-hybridized carbons (Fsp3) is 0.0455. The van der Waals surface area contributed by atoms with E-state index in [1.54, 1.807) is 22.9 Å². The van der Waals surface area contributed by atoms with Gasteiger partial charge in [0.05, 0.1) is 16.3 Å². The third-order valence-corrected chi connectivity index (χ3v) is 6.72. The van der Waals surface area contributed by atoms with Crippen LogP contribution in [0.5, 0.6) is 0 Å². The minimum Gasteiger partial charge on any atom is -0.450 e. The molecule has 1 N–H and O–H groups in total. The number of benzene rings is 2. The summed E-state index contributed by atoms with van der Waals surface area (Å²) in [4.78, 5) is 17.3. The van der Waals surface area contributed by atoms with Gasteiger partial charge in [-0.05, 0) is 82.8 Å². The molecule has 1 fully saturated rings. The van der Waals surface area contributed by atoms with E-state index in [9.17, 15) is 4.79 Å². The average molecular weight is 495 g/mol. The molecule has 1 aliphatic rings. The zero-order chi connectivity index (χ0) is 22.8. The van der Waals surface area contributed by atoms with E-state index >= 15 is 0 Å². The highest BCUT2D eigenvalue weighted by Crippen LogP contribution is 2.32. The Balaban J connectivity index is 1.31. The van der Waals surface area contributed by atoms with Gasteiger partial charge >= 0.3 is 0 Å². The summed E-state index contributed by atoms with van der Waals surface area (Å²) in [5, 5.41) is 16.9. The molecule has 5 rings (SSSR count). The summed E-state index contributed by atoms with van der Waals surface area (Å²) in [7, 11) is 0. The number of amidine groups is 1. The van der Waals surface area contributed by atoms with Gasteiger partial charge in [0, 0.05) is 11.1 Å². The Bertz CT molecular complexity index is 1400. The highest BCUT2D eigenvalue weighted by Gasteiger charge is 2.24. The van der Waals surface area contributed by atoms with Crippen molar-refractivity contribution < 1.29 is 9.21 Å². The fourth-order valence-corrected chi connectivity index (χ4v) is 4.67. The highest BCUT2D eigenvalue weighted by atomic mass is 35.5. The van der Waals surface area contributed by atoms with Gasteiger partial charge in [-0.25, -0.2) is 4.99 Å². The molecule has 164 valence electrons. The maximum atomic E-state index is 12.4. The Hall–Kier alpha value is -3.34. The number of hydrogen-bond acceptors (Lipinski definition) is 8. The molecular formula is C22H15ClN6O2S2. The zero-order valence-corrected chi connectivity index (χ0v) is 19.5. The van der Waals surface area contributed by atoms with Crippen molar-refractivity contribution in [2.45, 2.75) is 17.2 Å². The van der Waals surface area contributed by atoms with E-state index in [1.165, 1.54) is 23.5 Å². The summed E-state index contributed by atoms with van der Waals surface area (Å²) in [5.74, 6) is 0.295. The molecule has 8 nitrogen and oxygen atoms in total. The van der Waals surface area contributed by atoms with Crippen LogP contribution in [0.25, 0.3) is 11.8 Å². The van der Waals surface area contributed by atoms with Gasteiger partial charge in [0.2, 0.25) is 5.16 Å². The van der Waals surface area contributed by atoms with E-state index in [1.807, 2.05) is 55.5 Å². The van der Waals surface area contributed by atoms with E-state index in [2.05, 4.69) is 25.8 Å². The number of aliphatic imine (C=N–C) groups is 1. The van der Waals surface area contributed by atoms with Crippen LogP contribution in [0.15, 0.2) is 85.2 Å². The Kier molecular flexibility index (Phi) is 6.03. The topological polar surface area (TPSA) is 98.2 Å². The molecule has 1 amide bonds. The summed E-state index contributed by atoms with van der Waals surface area (Å²) in [6.45, 7) is 1.92. The number of hydrogen-bond donors (Lipinski definition) is 1. The smallest absolute Gasteiger partial charge is 0.264 e. The van der Waals surface area contributed by atoms with Gasteiger partial charge in [0.1, 0.15) is 5.76 Å². The molecule has 11 heteroatoms. The standard InChI is InChI=1S/C22H15ClN6O2S2/c1-13-7-8-14(11-17(13)23)24-21-25-20(30)18(32-21)12-16-9-10-19(31-16)33-22-26-27-28-29(22)15-5-3-2-4-6-15/h2-12H,1H3,(H,24,25,30)/b18-12-. The summed E-state index contributed by atoms with van der Waals surface area (Å²) in [6, 6.07) is 18.7. The van der Waals surface area contributed by atoms with Crippen molar-refractivity contribution in [3.63, 3.8) is 0 Å². The molecule has 33 heavy (non-hydrogen) atoms. The van der Waals surface area contributed by atoms with Crippen LogP contribution in [-0.4, -0.2) is 31.3 Å². The van der Waals surface area contributed by atoms with Crippen molar-refractivity contribution >= 4 is 58.0 Å². The number of furan rings is 1. The number of aryl methyl sites for hydroxylation is 1. The molecular weight excluding hydrogens is 480 g/mol. The lowest BCUT2D eigenvalue weighted by Crippen LogP contribution is -2.19. The Labute approximate surface area is 202 Å². The Morgan fingerprint density at radius 2 is 2.03 bits per heavy atom. The Morgan fingerprint density at radius 3 is 2.85 bits per heavy atom. The van der Waals surface area contributed by atoms with Gasteiger partial charge in [0.15, 0.2) is 10.3 Å². The number of nitrogens with one attached hydrogen (secondary N) is 1. The van der Waals surface area contributed by atoms with Crippen molar-refractivity contribution in [2.24, 2.45) is 4.99 Å². The second-order valence-electron chi connectivity index (χ2n) is 6.88. The normalized spacial score (nSPS) is 16.0. The molecule has 2 aromatic heterocycles. The van der Waals surface area contributed by atoms with Gasteiger partial charge < -0.3 is 9.73 Å². The van der Waals surface area contributed by atoms with E-state index in [0.717, 1.165) is 11.3 Å². The zero-order valence-electron chi connectivity index (χ0n) is 17.1. The third kappa shape index (κ3) is 4.87. The quantitative estimate of drug-likeness (QED) is 0.378. The monoisotopic (exact) mass is 494 g/mol. The molecule has 0 saturated carbocycles. The Morgan fingerprint density at radius 1 is 1.18 bits per heavy atom. The second kappa shape index (κ2) is 9.26.